The summed E-state index contributed by atoms with van der Waals surface area (Å²) in [5, 5.41) is 16.4. The molecule has 1 fully saturated rings. The molecule has 0 radical (unpaired) electrons. The number of rotatable bonds is 9. The molecule has 1 aliphatic heterocycles. The van der Waals surface area contributed by atoms with Gasteiger partial charge in [-0.3, -0.25) is 9.52 Å². The average molecular weight is 674 g/mol. The van der Waals surface area contributed by atoms with E-state index in [4.69, 9.17) is 15.7 Å². The predicted octanol–water partition coefficient (Wildman–Crippen LogP) is 5.17. The predicted molar refractivity (Wildman–Crippen MR) is 190 cm³/mol. The minimum Gasteiger partial charge on any atom is -0.404 e. The van der Waals surface area contributed by atoms with Gasteiger partial charge in [-0.25, -0.2) is 18.6 Å². The molecule has 1 saturated heterocycles. The Balaban J connectivity index is 0.000000563. The standard InChI is InChI=1S/C28H39N9O2.C6H4F2.C2H2/c1-20(13-29)25(21-12-22-15-31-35(6)26(22)30-14-21)33-37(24-10-8-7-9-11-24)27(38)32-23-16-36(39-17-23)19-28(2,3)18-34(4)5;7-5-3-1-2-4-6(5)8;1-2/h7-15,23H,16-19,29H2,1-6H3,(H,32,38);1-4H;1-2H/b20-13+,33-25+;;/t23-;;/m1../s1. The molecular formula is C36H45F2N9O2. The molecule has 1 aliphatic rings. The quantitative estimate of drug-likeness (QED) is 0.143. The van der Waals surface area contributed by atoms with Gasteiger partial charge in [0, 0.05) is 43.8 Å². The minimum absolute atomic E-state index is 0.0349. The number of carbonyl (C=O) groups is 1. The number of fused-ring (bicyclic) bond motifs is 1. The summed E-state index contributed by atoms with van der Waals surface area (Å²) in [7, 11) is 5.97. The highest BCUT2D eigenvalue weighted by Crippen LogP contribution is 2.22. The summed E-state index contributed by atoms with van der Waals surface area (Å²) in [6.07, 6.45) is 12.9. The molecule has 0 saturated carbocycles. The van der Waals surface area contributed by atoms with Crippen LogP contribution in [0.2, 0.25) is 0 Å². The summed E-state index contributed by atoms with van der Waals surface area (Å²) in [5.74, 6) is -1.60. The fourth-order valence-corrected chi connectivity index (χ4v) is 5.31. The number of carbonyl (C=O) groups excluding carboxylic acids is 1. The number of terminal acetylenes is 1. The zero-order chi connectivity index (χ0) is 36.1. The van der Waals surface area contributed by atoms with Crippen LogP contribution in [-0.2, 0) is 11.9 Å². The number of aromatic nitrogens is 3. The van der Waals surface area contributed by atoms with Crippen LogP contribution in [0.1, 0.15) is 26.3 Å². The van der Waals surface area contributed by atoms with Gasteiger partial charge in [-0.2, -0.15) is 20.3 Å². The summed E-state index contributed by atoms with van der Waals surface area (Å²) < 4.78 is 25.6. The number of hydroxylamine groups is 2. The Kier molecular flexibility index (Phi) is 13.9. The number of urea groups is 1. The van der Waals surface area contributed by atoms with Gasteiger partial charge in [-0.15, -0.1) is 12.8 Å². The van der Waals surface area contributed by atoms with E-state index in [9.17, 15) is 13.6 Å². The highest BCUT2D eigenvalue weighted by atomic mass is 19.2. The van der Waals surface area contributed by atoms with Gasteiger partial charge < -0.3 is 16.0 Å². The smallest absolute Gasteiger partial charge is 0.342 e. The zero-order valence-corrected chi connectivity index (χ0v) is 28.8. The fraction of sp³-hybridized carbons (Fsp3) is 0.333. The molecule has 3 N–H and O–H groups in total. The summed E-state index contributed by atoms with van der Waals surface area (Å²) in [6, 6.07) is 15.8. The number of nitrogens with zero attached hydrogens (tertiary/aromatic N) is 7. The number of benzene rings is 2. The number of nitrogens with two attached hydrogens (primary N) is 1. The van der Waals surface area contributed by atoms with Gasteiger partial charge in [0.15, 0.2) is 17.3 Å². The number of allylic oxidation sites excluding steroid dienone is 1. The summed E-state index contributed by atoms with van der Waals surface area (Å²) in [4.78, 5) is 26.3. The number of nitrogens with one attached hydrogen (secondary N) is 1. The van der Waals surface area contributed by atoms with Crippen LogP contribution in [0.15, 0.2) is 89.9 Å². The Bertz CT molecular complexity index is 1730. The number of aryl methyl sites for hydroxylation is 1. The fourth-order valence-electron chi connectivity index (χ4n) is 5.31. The molecule has 4 aromatic rings. The monoisotopic (exact) mass is 673 g/mol. The van der Waals surface area contributed by atoms with Gasteiger partial charge in [0.2, 0.25) is 0 Å². The molecule has 0 bridgehead atoms. The SMILES string of the molecule is C#C.CC(=C\N)/C(=N\N(C(=O)N[C@H]1CON(CC(C)(C)CN(C)C)C1)c1ccccc1)c1cnc2c(cnn2C)c1.Fc1ccccc1F. The van der Waals surface area contributed by atoms with Crippen molar-refractivity contribution in [3.63, 3.8) is 0 Å². The first kappa shape index (κ1) is 38.3. The average Bonchev–Trinajstić information content (AvgIpc) is 3.68. The van der Waals surface area contributed by atoms with Crippen LogP contribution in [-0.4, -0.2) is 82.8 Å². The molecule has 2 aromatic carbocycles. The van der Waals surface area contributed by atoms with Crippen LogP contribution >= 0.6 is 0 Å². The molecule has 0 spiro atoms. The van der Waals surface area contributed by atoms with Gasteiger partial charge in [0.25, 0.3) is 0 Å². The third-order valence-electron chi connectivity index (χ3n) is 7.24. The molecule has 49 heavy (non-hydrogen) atoms. The van der Waals surface area contributed by atoms with Crippen molar-refractivity contribution < 1.29 is 18.4 Å². The molecule has 2 aromatic heterocycles. The van der Waals surface area contributed by atoms with Gasteiger partial charge in [0.1, 0.15) is 0 Å². The van der Waals surface area contributed by atoms with Crippen LogP contribution in [0, 0.1) is 29.9 Å². The maximum Gasteiger partial charge on any atom is 0.342 e. The Morgan fingerprint density at radius 1 is 1.12 bits per heavy atom. The topological polar surface area (TPSA) is 117 Å². The third-order valence-corrected chi connectivity index (χ3v) is 7.24. The summed E-state index contributed by atoms with van der Waals surface area (Å²) in [6.45, 7) is 8.94. The second kappa shape index (κ2) is 17.8. The van der Waals surface area contributed by atoms with E-state index in [1.807, 2.05) is 55.4 Å². The molecule has 3 heterocycles. The molecule has 0 unspecified atom stereocenters. The molecule has 260 valence electrons. The van der Waals surface area contributed by atoms with Gasteiger partial charge in [-0.05, 0) is 68.5 Å². The number of halogens is 2. The number of hydrogen-bond donors (Lipinski definition) is 2. The Morgan fingerprint density at radius 3 is 2.35 bits per heavy atom. The number of anilines is 1. The van der Waals surface area contributed by atoms with Crippen molar-refractivity contribution in [1.82, 2.24) is 30.0 Å². The van der Waals surface area contributed by atoms with Crippen molar-refractivity contribution in [2.24, 2.45) is 23.3 Å². The first-order valence-corrected chi connectivity index (χ1v) is 15.5. The van der Waals surface area contributed by atoms with Gasteiger partial charge in [-0.1, -0.05) is 44.2 Å². The van der Waals surface area contributed by atoms with Gasteiger partial charge in [0.05, 0.1) is 30.2 Å². The van der Waals surface area contributed by atoms with Crippen LogP contribution in [0.3, 0.4) is 0 Å². The lowest BCUT2D eigenvalue weighted by Gasteiger charge is -2.31. The highest BCUT2D eigenvalue weighted by molar-refractivity contribution is 6.14. The lowest BCUT2D eigenvalue weighted by atomic mass is 9.93. The third kappa shape index (κ3) is 10.9. The maximum absolute atomic E-state index is 13.7. The highest BCUT2D eigenvalue weighted by Gasteiger charge is 2.32. The van der Waals surface area contributed by atoms with E-state index in [0.717, 1.165) is 41.8 Å². The molecule has 2 amide bonds. The second-order valence-corrected chi connectivity index (χ2v) is 12.4. The van der Waals surface area contributed by atoms with E-state index in [-0.39, 0.29) is 17.5 Å². The van der Waals surface area contributed by atoms with E-state index < -0.39 is 11.6 Å². The van der Waals surface area contributed by atoms with Crippen molar-refractivity contribution >= 4 is 28.5 Å². The molecule has 13 heteroatoms. The van der Waals surface area contributed by atoms with Crippen LogP contribution in [0.25, 0.3) is 11.0 Å². The number of hydrogen-bond acceptors (Lipinski definition) is 8. The lowest BCUT2D eigenvalue weighted by Crippen LogP contribution is -2.46. The normalized spacial score (nSPS) is 15.3. The largest absolute Gasteiger partial charge is 0.404 e. The van der Waals surface area contributed by atoms with Crippen molar-refractivity contribution in [1.29, 1.82) is 0 Å². The van der Waals surface area contributed by atoms with E-state index in [1.54, 1.807) is 17.1 Å². The molecule has 11 nitrogen and oxygen atoms in total. The van der Waals surface area contributed by atoms with Crippen LogP contribution in [0.4, 0.5) is 19.3 Å². The number of pyridine rings is 1. The second-order valence-electron chi connectivity index (χ2n) is 12.4. The Morgan fingerprint density at radius 2 is 1.76 bits per heavy atom. The van der Waals surface area contributed by atoms with Crippen LogP contribution in [0.5, 0.6) is 0 Å². The van der Waals surface area contributed by atoms with Gasteiger partial charge >= 0.3 is 6.03 Å². The van der Waals surface area contributed by atoms with E-state index in [0.29, 0.717) is 30.1 Å². The number of para-hydroxylation sites is 1. The summed E-state index contributed by atoms with van der Waals surface area (Å²) in [5.41, 5.74) is 9.29. The van der Waals surface area contributed by atoms with E-state index >= 15 is 0 Å². The number of amides is 2. The first-order valence-electron chi connectivity index (χ1n) is 15.5. The van der Waals surface area contributed by atoms with Crippen molar-refractivity contribution in [3.05, 3.63) is 102 Å². The molecule has 1 atom stereocenters. The van der Waals surface area contributed by atoms with Crippen molar-refractivity contribution in [2.75, 3.05) is 45.3 Å². The molecule has 0 aliphatic carbocycles. The van der Waals surface area contributed by atoms with Crippen LogP contribution < -0.4 is 16.1 Å². The Labute approximate surface area is 287 Å². The molecular weight excluding hydrogens is 628 g/mol. The van der Waals surface area contributed by atoms with E-state index in [2.05, 4.69) is 61.1 Å². The van der Waals surface area contributed by atoms with Crippen molar-refractivity contribution in [2.45, 2.75) is 26.8 Å². The Hall–Kier alpha value is -5.16. The molecule has 5 rings (SSSR count). The van der Waals surface area contributed by atoms with Crippen molar-refractivity contribution in [3.8, 4) is 12.8 Å². The lowest BCUT2D eigenvalue weighted by molar-refractivity contribution is -0.129. The first-order chi connectivity index (χ1) is 23.4. The maximum atomic E-state index is 13.7. The summed E-state index contributed by atoms with van der Waals surface area (Å²) >= 11 is 0. The minimum atomic E-state index is -0.799. The number of hydrazone groups is 1. The van der Waals surface area contributed by atoms with E-state index in [1.165, 1.54) is 23.3 Å². The zero-order valence-electron chi connectivity index (χ0n) is 28.8.